The van der Waals surface area contributed by atoms with Crippen LogP contribution in [0.3, 0.4) is 0 Å². The average Bonchev–Trinajstić information content (AvgIpc) is 2.62. The van der Waals surface area contributed by atoms with Gasteiger partial charge in [0.15, 0.2) is 0 Å². The van der Waals surface area contributed by atoms with Gasteiger partial charge in [-0.15, -0.1) is 0 Å². The van der Waals surface area contributed by atoms with E-state index in [1.165, 1.54) is 0 Å². The molecule has 0 spiro atoms. The summed E-state index contributed by atoms with van der Waals surface area (Å²) in [7, 11) is 0. The second-order valence-corrected chi connectivity index (χ2v) is 5.18. The average molecular weight is 301 g/mol. The van der Waals surface area contributed by atoms with E-state index in [4.69, 9.17) is 11.0 Å². The first-order chi connectivity index (χ1) is 11.2. The predicted octanol–water partition coefficient (Wildman–Crippen LogP) is 3.04. The number of nitriles is 1. The Morgan fingerprint density at radius 3 is 2.30 bits per heavy atom. The van der Waals surface area contributed by atoms with Gasteiger partial charge >= 0.3 is 0 Å². The van der Waals surface area contributed by atoms with Gasteiger partial charge in [0.1, 0.15) is 11.6 Å². The van der Waals surface area contributed by atoms with Crippen LogP contribution in [0.25, 0.3) is 22.4 Å². The number of hydrogen-bond acceptors (Lipinski definition) is 3. The summed E-state index contributed by atoms with van der Waals surface area (Å²) in [5, 5.41) is 9.14. The highest BCUT2D eigenvalue weighted by atomic mass is 16.1. The zero-order valence-corrected chi connectivity index (χ0v) is 12.4. The minimum atomic E-state index is -0.384. The van der Waals surface area contributed by atoms with Crippen molar-refractivity contribution in [2.75, 3.05) is 0 Å². The van der Waals surface area contributed by atoms with Crippen molar-refractivity contribution in [3.63, 3.8) is 0 Å². The minimum absolute atomic E-state index is 0.103. The maximum atomic E-state index is 12.1. The molecule has 0 atom stereocenters. The molecule has 1 heterocycles. The van der Waals surface area contributed by atoms with E-state index in [-0.39, 0.29) is 11.1 Å². The zero-order chi connectivity index (χ0) is 16.2. The lowest BCUT2D eigenvalue weighted by Gasteiger charge is -2.11. The molecule has 0 amide bonds. The van der Waals surface area contributed by atoms with Gasteiger partial charge in [0, 0.05) is 12.1 Å². The van der Waals surface area contributed by atoms with Gasteiger partial charge in [-0.2, -0.15) is 5.26 Å². The molecule has 4 heteroatoms. The molecule has 1 aromatic heterocycles. The predicted molar refractivity (Wildman–Crippen MR) is 90.5 cm³/mol. The highest BCUT2D eigenvalue weighted by Gasteiger charge is 2.12. The topological polar surface area (TPSA) is 82.7 Å². The summed E-state index contributed by atoms with van der Waals surface area (Å²) in [6.07, 6.45) is 0. The van der Waals surface area contributed by atoms with Crippen molar-refractivity contribution in [2.45, 2.75) is 6.54 Å². The zero-order valence-electron chi connectivity index (χ0n) is 12.4. The number of aromatic nitrogens is 1. The molecule has 4 nitrogen and oxygen atoms in total. The Kier molecular flexibility index (Phi) is 4.05. The number of nitrogens with two attached hydrogens (primary N) is 1. The molecule has 0 aliphatic heterocycles. The van der Waals surface area contributed by atoms with E-state index >= 15 is 0 Å². The molecular weight excluding hydrogens is 286 g/mol. The van der Waals surface area contributed by atoms with E-state index in [1.54, 1.807) is 6.07 Å². The molecule has 3 rings (SSSR count). The van der Waals surface area contributed by atoms with E-state index in [9.17, 15) is 4.79 Å². The van der Waals surface area contributed by atoms with Crippen LogP contribution in [0.4, 0.5) is 0 Å². The summed E-state index contributed by atoms with van der Waals surface area (Å²) < 4.78 is 0. The monoisotopic (exact) mass is 301 g/mol. The Hall–Kier alpha value is -3.16. The Morgan fingerprint density at radius 2 is 1.70 bits per heavy atom. The number of rotatable bonds is 3. The SMILES string of the molecule is N#Cc1cc(-c2ccccc2)c(-c2ccc(CN)cc2)[nH]c1=O. The Balaban J connectivity index is 2.24. The van der Waals surface area contributed by atoms with Crippen LogP contribution in [-0.2, 0) is 6.54 Å². The van der Waals surface area contributed by atoms with Crippen LogP contribution >= 0.6 is 0 Å². The summed E-state index contributed by atoms with van der Waals surface area (Å²) >= 11 is 0. The number of benzene rings is 2. The molecule has 2 aromatic carbocycles. The molecule has 0 bridgehead atoms. The van der Waals surface area contributed by atoms with Crippen molar-refractivity contribution in [3.8, 4) is 28.5 Å². The van der Waals surface area contributed by atoms with Crippen molar-refractivity contribution >= 4 is 0 Å². The normalized spacial score (nSPS) is 10.3. The Morgan fingerprint density at radius 1 is 1.00 bits per heavy atom. The summed E-state index contributed by atoms with van der Waals surface area (Å²) in [4.78, 5) is 14.9. The third-order valence-corrected chi connectivity index (χ3v) is 3.72. The highest BCUT2D eigenvalue weighted by molar-refractivity contribution is 5.81. The molecule has 112 valence electrons. The molecule has 3 aromatic rings. The van der Waals surface area contributed by atoms with E-state index in [0.29, 0.717) is 12.2 Å². The summed E-state index contributed by atoms with van der Waals surface area (Å²) in [5.74, 6) is 0. The van der Waals surface area contributed by atoms with Crippen LogP contribution < -0.4 is 11.3 Å². The Labute approximate surface area is 133 Å². The number of nitrogens with one attached hydrogen (secondary N) is 1. The molecule has 0 saturated carbocycles. The van der Waals surface area contributed by atoms with E-state index in [2.05, 4.69) is 4.98 Å². The van der Waals surface area contributed by atoms with Crippen LogP contribution in [0.15, 0.2) is 65.5 Å². The molecule has 0 fully saturated rings. The first kappa shape index (κ1) is 14.8. The van der Waals surface area contributed by atoms with E-state index < -0.39 is 0 Å². The lowest BCUT2D eigenvalue weighted by molar-refractivity contribution is 1.07. The molecule has 23 heavy (non-hydrogen) atoms. The maximum absolute atomic E-state index is 12.1. The first-order valence-electron chi connectivity index (χ1n) is 7.25. The van der Waals surface area contributed by atoms with Crippen molar-refractivity contribution < 1.29 is 0 Å². The molecular formula is C19H15N3O. The number of pyridine rings is 1. The summed E-state index contributed by atoms with van der Waals surface area (Å²) in [5.41, 5.74) is 9.71. The third-order valence-electron chi connectivity index (χ3n) is 3.72. The van der Waals surface area contributed by atoms with Crippen LogP contribution in [0.1, 0.15) is 11.1 Å². The van der Waals surface area contributed by atoms with Gasteiger partial charge in [-0.25, -0.2) is 0 Å². The summed E-state index contributed by atoms with van der Waals surface area (Å²) in [6.45, 7) is 0.468. The van der Waals surface area contributed by atoms with Gasteiger partial charge in [-0.05, 0) is 22.8 Å². The van der Waals surface area contributed by atoms with Crippen LogP contribution in [0, 0.1) is 11.3 Å². The van der Waals surface area contributed by atoms with Gasteiger partial charge in [0.05, 0.1) is 5.69 Å². The fourth-order valence-corrected chi connectivity index (χ4v) is 2.49. The first-order valence-corrected chi connectivity index (χ1v) is 7.25. The molecule has 3 N–H and O–H groups in total. The lowest BCUT2D eigenvalue weighted by Crippen LogP contribution is -2.12. The van der Waals surface area contributed by atoms with Crippen LogP contribution in [0.5, 0.6) is 0 Å². The maximum Gasteiger partial charge on any atom is 0.266 e. The fourth-order valence-electron chi connectivity index (χ4n) is 2.49. The van der Waals surface area contributed by atoms with Crippen molar-refractivity contribution in [1.29, 1.82) is 5.26 Å². The second-order valence-electron chi connectivity index (χ2n) is 5.18. The molecule has 0 unspecified atom stereocenters. The number of H-pyrrole nitrogens is 1. The van der Waals surface area contributed by atoms with Gasteiger partial charge in [-0.3, -0.25) is 4.79 Å². The molecule has 0 saturated heterocycles. The van der Waals surface area contributed by atoms with E-state index in [1.807, 2.05) is 60.7 Å². The lowest BCUT2D eigenvalue weighted by atomic mass is 9.97. The molecule has 0 aliphatic carbocycles. The van der Waals surface area contributed by atoms with E-state index in [0.717, 1.165) is 22.3 Å². The minimum Gasteiger partial charge on any atom is -0.326 e. The van der Waals surface area contributed by atoms with Crippen molar-refractivity contribution in [3.05, 3.63) is 82.1 Å². The van der Waals surface area contributed by atoms with Gasteiger partial charge < -0.3 is 10.7 Å². The quantitative estimate of drug-likeness (QED) is 0.780. The van der Waals surface area contributed by atoms with Crippen LogP contribution in [0.2, 0.25) is 0 Å². The van der Waals surface area contributed by atoms with Gasteiger partial charge in [0.25, 0.3) is 5.56 Å². The fraction of sp³-hybridized carbons (Fsp3) is 0.0526. The second kappa shape index (κ2) is 6.30. The number of nitrogens with zero attached hydrogens (tertiary/aromatic N) is 1. The largest absolute Gasteiger partial charge is 0.326 e. The third kappa shape index (κ3) is 2.91. The van der Waals surface area contributed by atoms with Crippen molar-refractivity contribution in [1.82, 2.24) is 4.98 Å². The molecule has 0 radical (unpaired) electrons. The standard InChI is InChI=1S/C19H15N3O/c20-11-13-6-8-15(9-7-13)18-17(14-4-2-1-3-5-14)10-16(12-21)19(23)22-18/h1-10H,11,20H2,(H,22,23). The summed E-state index contributed by atoms with van der Waals surface area (Å²) in [6, 6.07) is 21.0. The number of aromatic amines is 1. The molecule has 0 aliphatic rings. The van der Waals surface area contributed by atoms with Crippen LogP contribution in [-0.4, -0.2) is 4.98 Å². The number of hydrogen-bond donors (Lipinski definition) is 2. The van der Waals surface area contributed by atoms with Gasteiger partial charge in [-0.1, -0.05) is 54.6 Å². The Bertz CT molecular complexity index is 920. The van der Waals surface area contributed by atoms with Crippen molar-refractivity contribution in [2.24, 2.45) is 5.73 Å². The highest BCUT2D eigenvalue weighted by Crippen LogP contribution is 2.30. The van der Waals surface area contributed by atoms with Gasteiger partial charge in [0.2, 0.25) is 0 Å². The smallest absolute Gasteiger partial charge is 0.266 e.